The highest BCUT2D eigenvalue weighted by Crippen LogP contribution is 2.40. The molecule has 2 aliphatic carbocycles. The Balaban J connectivity index is 1.65. The number of aryl methyl sites for hydroxylation is 2. The molecule has 0 saturated heterocycles. The lowest BCUT2D eigenvalue weighted by atomic mass is 10.2. The second-order valence-corrected chi connectivity index (χ2v) is 7.03. The van der Waals surface area contributed by atoms with Crippen LogP contribution in [0.4, 0.5) is 14.7 Å². The first-order valence-electron chi connectivity index (χ1n) is 8.47. The third-order valence-electron chi connectivity index (χ3n) is 4.69. The molecule has 0 aromatic carbocycles. The molecule has 2 aromatic heterocycles. The van der Waals surface area contributed by atoms with Gasteiger partial charge in [-0.3, -0.25) is 0 Å². The van der Waals surface area contributed by atoms with Gasteiger partial charge in [0, 0.05) is 36.6 Å². The van der Waals surface area contributed by atoms with Crippen LogP contribution in [0.15, 0.2) is 12.1 Å². The fraction of sp³-hybridized carbons (Fsp3) is 0.588. The van der Waals surface area contributed by atoms with E-state index in [-0.39, 0.29) is 18.9 Å². The van der Waals surface area contributed by atoms with Gasteiger partial charge in [0.25, 0.3) is 0 Å². The van der Waals surface area contributed by atoms with Crippen molar-refractivity contribution in [3.8, 4) is 5.82 Å². The van der Waals surface area contributed by atoms with Crippen molar-refractivity contribution in [1.82, 2.24) is 19.7 Å². The van der Waals surface area contributed by atoms with Crippen LogP contribution in [0.5, 0.6) is 0 Å². The summed E-state index contributed by atoms with van der Waals surface area (Å²) in [5.41, 5.74) is 2.88. The molecule has 2 aliphatic rings. The number of hydrogen-bond acceptors (Lipinski definition) is 4. The number of halogens is 2. The van der Waals surface area contributed by atoms with E-state index in [1.165, 1.54) is 0 Å². The smallest absolute Gasteiger partial charge is 0.250 e. The van der Waals surface area contributed by atoms with E-state index in [9.17, 15) is 8.78 Å². The van der Waals surface area contributed by atoms with E-state index in [4.69, 9.17) is 0 Å². The van der Waals surface area contributed by atoms with Crippen molar-refractivity contribution in [2.24, 2.45) is 0 Å². The molecule has 1 unspecified atom stereocenters. The molecular formula is C17H21F2N5. The third-order valence-corrected chi connectivity index (χ3v) is 4.69. The van der Waals surface area contributed by atoms with E-state index in [0.29, 0.717) is 24.1 Å². The standard InChI is InChI=1S/C17H21F2N5/c1-10-7-11(2)24(23-10)15-8-14(12-3-4-12)21-16(22-15)20-13-5-6-17(18,19)9-13/h7-8,12-13H,3-6,9H2,1-2H3,(H,20,21,22). The molecule has 0 amide bonds. The van der Waals surface area contributed by atoms with Gasteiger partial charge in [-0.1, -0.05) is 0 Å². The zero-order valence-electron chi connectivity index (χ0n) is 13.9. The molecule has 24 heavy (non-hydrogen) atoms. The van der Waals surface area contributed by atoms with E-state index in [1.54, 1.807) is 4.68 Å². The van der Waals surface area contributed by atoms with Crippen molar-refractivity contribution in [3.63, 3.8) is 0 Å². The Kier molecular flexibility index (Phi) is 3.54. The molecule has 4 rings (SSSR count). The highest BCUT2D eigenvalue weighted by atomic mass is 19.3. The molecule has 1 N–H and O–H groups in total. The van der Waals surface area contributed by atoms with Crippen LogP contribution in [0.25, 0.3) is 5.82 Å². The highest BCUT2D eigenvalue weighted by Gasteiger charge is 2.39. The molecule has 7 heteroatoms. The number of nitrogens with one attached hydrogen (secondary N) is 1. The van der Waals surface area contributed by atoms with Gasteiger partial charge >= 0.3 is 0 Å². The van der Waals surface area contributed by atoms with Crippen LogP contribution in [0.2, 0.25) is 0 Å². The number of hydrogen-bond donors (Lipinski definition) is 1. The predicted octanol–water partition coefficient (Wildman–Crippen LogP) is 3.76. The summed E-state index contributed by atoms with van der Waals surface area (Å²) in [5.74, 6) is -0.992. The number of aromatic nitrogens is 4. The van der Waals surface area contributed by atoms with E-state index in [0.717, 1.165) is 29.9 Å². The summed E-state index contributed by atoms with van der Waals surface area (Å²) in [4.78, 5) is 9.09. The van der Waals surface area contributed by atoms with Crippen LogP contribution in [-0.4, -0.2) is 31.7 Å². The maximum absolute atomic E-state index is 13.4. The zero-order chi connectivity index (χ0) is 16.9. The van der Waals surface area contributed by atoms with Crippen molar-refractivity contribution >= 4 is 5.95 Å². The van der Waals surface area contributed by atoms with Gasteiger partial charge in [0.2, 0.25) is 11.9 Å². The first-order chi connectivity index (χ1) is 11.4. The van der Waals surface area contributed by atoms with Gasteiger partial charge in [0.05, 0.1) is 11.4 Å². The average Bonchev–Trinajstić information content (AvgIpc) is 3.22. The SMILES string of the molecule is Cc1cc(C)n(-c2cc(C3CC3)nc(NC3CCC(F)(F)C3)n2)n1. The summed E-state index contributed by atoms with van der Waals surface area (Å²) in [6.07, 6.45) is 2.46. The van der Waals surface area contributed by atoms with Crippen LogP contribution in [-0.2, 0) is 0 Å². The van der Waals surface area contributed by atoms with Gasteiger partial charge in [-0.15, -0.1) is 0 Å². The predicted molar refractivity (Wildman–Crippen MR) is 86.8 cm³/mol. The van der Waals surface area contributed by atoms with Crippen molar-refractivity contribution in [3.05, 3.63) is 29.2 Å². The van der Waals surface area contributed by atoms with Crippen LogP contribution in [0, 0.1) is 13.8 Å². The lowest BCUT2D eigenvalue weighted by Gasteiger charge is -2.15. The lowest BCUT2D eigenvalue weighted by molar-refractivity contribution is 0.00851. The van der Waals surface area contributed by atoms with E-state index in [2.05, 4.69) is 20.4 Å². The van der Waals surface area contributed by atoms with Crippen molar-refractivity contribution < 1.29 is 8.78 Å². The quantitative estimate of drug-likeness (QED) is 0.926. The third kappa shape index (κ3) is 3.12. The van der Waals surface area contributed by atoms with Crippen LogP contribution >= 0.6 is 0 Å². The lowest BCUT2D eigenvalue weighted by Crippen LogP contribution is -2.21. The van der Waals surface area contributed by atoms with Crippen LogP contribution in [0.3, 0.4) is 0 Å². The monoisotopic (exact) mass is 333 g/mol. The normalized spacial score (nSPS) is 22.8. The minimum Gasteiger partial charge on any atom is -0.351 e. The van der Waals surface area contributed by atoms with Crippen LogP contribution in [0.1, 0.15) is 55.1 Å². The van der Waals surface area contributed by atoms with Gasteiger partial charge < -0.3 is 5.32 Å². The van der Waals surface area contributed by atoms with E-state index < -0.39 is 5.92 Å². The zero-order valence-corrected chi connectivity index (χ0v) is 13.9. The number of anilines is 1. The second kappa shape index (κ2) is 5.50. The Bertz CT molecular complexity index is 766. The fourth-order valence-electron chi connectivity index (χ4n) is 3.33. The van der Waals surface area contributed by atoms with Crippen molar-refractivity contribution in [1.29, 1.82) is 0 Å². The number of nitrogens with zero attached hydrogens (tertiary/aromatic N) is 4. The topological polar surface area (TPSA) is 55.6 Å². The van der Waals surface area contributed by atoms with Gasteiger partial charge in [-0.05, 0) is 39.2 Å². The van der Waals surface area contributed by atoms with E-state index in [1.807, 2.05) is 26.0 Å². The Labute approximate surface area is 139 Å². The van der Waals surface area contributed by atoms with Gasteiger partial charge in [-0.2, -0.15) is 10.1 Å². The van der Waals surface area contributed by atoms with Crippen molar-refractivity contribution in [2.75, 3.05) is 5.32 Å². The number of rotatable bonds is 4. The summed E-state index contributed by atoms with van der Waals surface area (Å²) >= 11 is 0. The Morgan fingerprint density at radius 2 is 1.96 bits per heavy atom. The highest BCUT2D eigenvalue weighted by molar-refractivity contribution is 5.39. The average molecular weight is 333 g/mol. The maximum atomic E-state index is 13.4. The summed E-state index contributed by atoms with van der Waals surface area (Å²) in [6, 6.07) is 3.68. The largest absolute Gasteiger partial charge is 0.351 e. The summed E-state index contributed by atoms with van der Waals surface area (Å²) in [7, 11) is 0. The Morgan fingerprint density at radius 1 is 1.17 bits per heavy atom. The summed E-state index contributed by atoms with van der Waals surface area (Å²) < 4.78 is 28.6. The molecule has 0 bridgehead atoms. The minimum absolute atomic E-state index is 0.0721. The minimum atomic E-state index is -2.58. The molecule has 1 atom stereocenters. The molecule has 0 radical (unpaired) electrons. The van der Waals surface area contributed by atoms with Gasteiger partial charge in [-0.25, -0.2) is 18.4 Å². The molecule has 2 aromatic rings. The summed E-state index contributed by atoms with van der Waals surface area (Å²) in [5, 5.41) is 7.59. The molecule has 0 aliphatic heterocycles. The fourth-order valence-corrected chi connectivity index (χ4v) is 3.33. The molecule has 2 saturated carbocycles. The van der Waals surface area contributed by atoms with Gasteiger partial charge in [0.1, 0.15) is 0 Å². The first-order valence-corrected chi connectivity index (χ1v) is 8.47. The molecule has 2 fully saturated rings. The molecule has 0 spiro atoms. The molecule has 5 nitrogen and oxygen atoms in total. The first kappa shape index (κ1) is 15.5. The van der Waals surface area contributed by atoms with Gasteiger partial charge in [0.15, 0.2) is 5.82 Å². The van der Waals surface area contributed by atoms with Crippen LogP contribution < -0.4 is 5.32 Å². The number of alkyl halides is 2. The Hall–Kier alpha value is -2.05. The van der Waals surface area contributed by atoms with E-state index >= 15 is 0 Å². The summed E-state index contributed by atoms with van der Waals surface area (Å²) in [6.45, 7) is 3.91. The Morgan fingerprint density at radius 3 is 2.54 bits per heavy atom. The molecule has 2 heterocycles. The van der Waals surface area contributed by atoms with Crippen molar-refractivity contribution in [2.45, 2.75) is 63.8 Å². The molecular weight excluding hydrogens is 312 g/mol. The maximum Gasteiger partial charge on any atom is 0.250 e. The molecule has 128 valence electrons. The second-order valence-electron chi connectivity index (χ2n) is 7.03.